The third-order valence-corrected chi connectivity index (χ3v) is 2.17. The van der Waals surface area contributed by atoms with E-state index in [4.69, 9.17) is 5.26 Å². The molecule has 1 heterocycles. The third kappa shape index (κ3) is 3.55. The Morgan fingerprint density at radius 3 is 2.71 bits per heavy atom. The van der Waals surface area contributed by atoms with Crippen LogP contribution in [0.4, 0.5) is 0 Å². The van der Waals surface area contributed by atoms with Crippen molar-refractivity contribution >= 4 is 5.91 Å². The Hall–Kier alpha value is -1.90. The average molecular weight is 235 g/mol. The Kier molecular flexibility index (Phi) is 3.84. The van der Waals surface area contributed by atoms with Crippen molar-refractivity contribution in [2.75, 3.05) is 0 Å². The Bertz CT molecular complexity index is 437. The second kappa shape index (κ2) is 4.95. The summed E-state index contributed by atoms with van der Waals surface area (Å²) in [6, 6.07) is 1.79. The van der Waals surface area contributed by atoms with Crippen LogP contribution in [-0.4, -0.2) is 27.1 Å². The molecule has 1 unspecified atom stereocenters. The van der Waals surface area contributed by atoms with Crippen molar-refractivity contribution in [3.8, 4) is 6.07 Å². The van der Waals surface area contributed by atoms with E-state index in [0.29, 0.717) is 5.82 Å². The van der Waals surface area contributed by atoms with E-state index in [1.165, 1.54) is 0 Å². The Morgan fingerprint density at radius 2 is 2.24 bits per heavy atom. The van der Waals surface area contributed by atoms with E-state index in [9.17, 15) is 4.79 Å². The number of rotatable bonds is 3. The number of carbonyl (C=O) groups excluding carboxylic acids is 1. The van der Waals surface area contributed by atoms with Gasteiger partial charge in [0.1, 0.15) is 5.82 Å². The summed E-state index contributed by atoms with van der Waals surface area (Å²) in [6.45, 7) is 7.70. The lowest BCUT2D eigenvalue weighted by molar-refractivity contribution is 0.0930. The molecule has 1 aromatic heterocycles. The van der Waals surface area contributed by atoms with Gasteiger partial charge in [-0.1, -0.05) is 20.8 Å². The predicted molar refractivity (Wildman–Crippen MR) is 62.2 cm³/mol. The molecule has 1 atom stereocenters. The highest BCUT2D eigenvalue weighted by molar-refractivity contribution is 5.90. The Labute approximate surface area is 100 Å². The van der Waals surface area contributed by atoms with Gasteiger partial charge < -0.3 is 5.32 Å². The maximum Gasteiger partial charge on any atom is 0.291 e. The first kappa shape index (κ1) is 13.2. The van der Waals surface area contributed by atoms with Gasteiger partial charge in [0.05, 0.1) is 12.5 Å². The lowest BCUT2D eigenvalue weighted by Crippen LogP contribution is -2.33. The van der Waals surface area contributed by atoms with E-state index in [1.54, 1.807) is 6.92 Å². The van der Waals surface area contributed by atoms with E-state index < -0.39 is 0 Å². The number of hydrogen-bond acceptors (Lipinski definition) is 4. The highest BCUT2D eigenvalue weighted by atomic mass is 16.2. The molecule has 6 nitrogen and oxygen atoms in total. The third-order valence-electron chi connectivity index (χ3n) is 2.17. The molecule has 0 aromatic carbocycles. The lowest BCUT2D eigenvalue weighted by Gasteiger charge is -2.13. The number of amides is 1. The van der Waals surface area contributed by atoms with Crippen LogP contribution >= 0.6 is 0 Å². The van der Waals surface area contributed by atoms with Crippen LogP contribution in [0.2, 0.25) is 0 Å². The van der Waals surface area contributed by atoms with Gasteiger partial charge in [-0.25, -0.2) is 4.98 Å². The minimum atomic E-state index is -0.362. The summed E-state index contributed by atoms with van der Waals surface area (Å²) < 4.78 is 0. The summed E-state index contributed by atoms with van der Waals surface area (Å²) in [7, 11) is 0. The summed E-state index contributed by atoms with van der Waals surface area (Å²) in [5.74, 6) is 0.412. The smallest absolute Gasteiger partial charge is 0.291 e. The van der Waals surface area contributed by atoms with Gasteiger partial charge in [0.15, 0.2) is 0 Å². The maximum absolute atomic E-state index is 11.7. The summed E-state index contributed by atoms with van der Waals surface area (Å²) in [5.41, 5.74) is -0.177. The van der Waals surface area contributed by atoms with Gasteiger partial charge in [-0.2, -0.15) is 5.26 Å². The van der Waals surface area contributed by atoms with Crippen molar-refractivity contribution in [1.82, 2.24) is 20.5 Å². The summed E-state index contributed by atoms with van der Waals surface area (Å²) in [6.07, 6.45) is 0.266. The minimum Gasteiger partial charge on any atom is -0.346 e. The van der Waals surface area contributed by atoms with Crippen LogP contribution in [0.5, 0.6) is 0 Å². The fourth-order valence-electron chi connectivity index (χ4n) is 1.18. The van der Waals surface area contributed by atoms with Crippen LogP contribution in [0.3, 0.4) is 0 Å². The fraction of sp³-hybridized carbons (Fsp3) is 0.636. The quantitative estimate of drug-likeness (QED) is 0.821. The fourth-order valence-corrected chi connectivity index (χ4v) is 1.18. The van der Waals surface area contributed by atoms with Crippen LogP contribution in [0.15, 0.2) is 0 Å². The van der Waals surface area contributed by atoms with Crippen molar-refractivity contribution in [3.05, 3.63) is 11.6 Å². The van der Waals surface area contributed by atoms with Gasteiger partial charge in [0.2, 0.25) is 5.82 Å². The Morgan fingerprint density at radius 1 is 1.59 bits per heavy atom. The molecule has 1 aromatic rings. The van der Waals surface area contributed by atoms with E-state index >= 15 is 0 Å². The topological polar surface area (TPSA) is 94.5 Å². The molecule has 92 valence electrons. The van der Waals surface area contributed by atoms with Crippen molar-refractivity contribution in [2.45, 2.75) is 45.6 Å². The number of nitrogens with one attached hydrogen (secondary N) is 2. The number of nitrogens with zero attached hydrogens (tertiary/aromatic N) is 3. The number of nitriles is 1. The van der Waals surface area contributed by atoms with Crippen LogP contribution < -0.4 is 5.32 Å². The van der Waals surface area contributed by atoms with E-state index in [2.05, 4.69) is 20.5 Å². The van der Waals surface area contributed by atoms with E-state index in [-0.39, 0.29) is 29.6 Å². The average Bonchev–Trinajstić information content (AvgIpc) is 2.65. The van der Waals surface area contributed by atoms with Crippen molar-refractivity contribution in [3.63, 3.8) is 0 Å². The highest BCUT2D eigenvalue weighted by Gasteiger charge is 2.21. The molecule has 0 fully saturated rings. The zero-order valence-electron chi connectivity index (χ0n) is 10.5. The van der Waals surface area contributed by atoms with Gasteiger partial charge in [0, 0.05) is 11.5 Å². The minimum absolute atomic E-state index is 0.111. The molecule has 0 spiro atoms. The monoisotopic (exact) mass is 235 g/mol. The van der Waals surface area contributed by atoms with Gasteiger partial charge in [-0.15, -0.1) is 5.10 Å². The molecule has 0 saturated carbocycles. The Balaban J connectivity index is 2.71. The molecule has 6 heteroatoms. The van der Waals surface area contributed by atoms with E-state index in [0.717, 1.165) is 0 Å². The first-order valence-corrected chi connectivity index (χ1v) is 5.45. The predicted octanol–water partition coefficient (Wildman–Crippen LogP) is 1.13. The van der Waals surface area contributed by atoms with Gasteiger partial charge in [0.25, 0.3) is 5.91 Å². The second-order valence-corrected chi connectivity index (χ2v) is 4.99. The molecule has 0 aliphatic heterocycles. The number of aromatic nitrogens is 3. The van der Waals surface area contributed by atoms with Crippen molar-refractivity contribution in [2.24, 2.45) is 0 Å². The van der Waals surface area contributed by atoms with Crippen molar-refractivity contribution in [1.29, 1.82) is 5.26 Å². The molecule has 0 radical (unpaired) electrons. The summed E-state index contributed by atoms with van der Waals surface area (Å²) in [5, 5.41) is 17.8. The van der Waals surface area contributed by atoms with Gasteiger partial charge in [-0.3, -0.25) is 9.89 Å². The molecule has 2 N–H and O–H groups in total. The first-order valence-electron chi connectivity index (χ1n) is 5.45. The summed E-state index contributed by atoms with van der Waals surface area (Å²) in [4.78, 5) is 15.8. The standard InChI is InChI=1S/C11H17N5O/c1-7(5-6-12)13-9(17)8-14-10(16-15-8)11(2,3)4/h7H,5H2,1-4H3,(H,13,17)(H,14,15,16). The largest absolute Gasteiger partial charge is 0.346 e. The molecular weight excluding hydrogens is 218 g/mol. The molecule has 1 rings (SSSR count). The molecule has 0 aliphatic carbocycles. The molecule has 1 amide bonds. The number of H-pyrrole nitrogens is 1. The second-order valence-electron chi connectivity index (χ2n) is 4.99. The van der Waals surface area contributed by atoms with Gasteiger partial charge >= 0.3 is 0 Å². The number of carbonyl (C=O) groups is 1. The normalized spacial score (nSPS) is 12.9. The highest BCUT2D eigenvalue weighted by Crippen LogP contribution is 2.17. The lowest BCUT2D eigenvalue weighted by atomic mass is 9.96. The molecule has 17 heavy (non-hydrogen) atoms. The van der Waals surface area contributed by atoms with Crippen LogP contribution in [-0.2, 0) is 5.41 Å². The first-order chi connectivity index (χ1) is 7.84. The maximum atomic E-state index is 11.7. The van der Waals surface area contributed by atoms with E-state index in [1.807, 2.05) is 26.8 Å². The molecule has 0 bridgehead atoms. The zero-order valence-corrected chi connectivity index (χ0v) is 10.5. The molecule has 0 aliphatic rings. The number of aromatic amines is 1. The molecular formula is C11H17N5O. The summed E-state index contributed by atoms with van der Waals surface area (Å²) >= 11 is 0. The SMILES string of the molecule is CC(CC#N)NC(=O)c1n[nH]c(C(C)(C)C)n1. The zero-order chi connectivity index (χ0) is 13.1. The van der Waals surface area contributed by atoms with Gasteiger partial charge in [-0.05, 0) is 6.92 Å². The number of hydrogen-bond donors (Lipinski definition) is 2. The van der Waals surface area contributed by atoms with Crippen molar-refractivity contribution < 1.29 is 4.79 Å². The van der Waals surface area contributed by atoms with Crippen LogP contribution in [0.1, 0.15) is 50.6 Å². The van der Waals surface area contributed by atoms with Crippen LogP contribution in [0, 0.1) is 11.3 Å². The van der Waals surface area contributed by atoms with Crippen LogP contribution in [0.25, 0.3) is 0 Å². The molecule has 0 saturated heterocycles.